The lowest BCUT2D eigenvalue weighted by atomic mass is 10.2. The summed E-state index contributed by atoms with van der Waals surface area (Å²) in [5.74, 6) is -7.54. The number of hydrogen-bond donors (Lipinski definition) is 1. The van der Waals surface area contributed by atoms with Gasteiger partial charge in [-0.15, -0.1) is 0 Å². The Morgan fingerprint density at radius 1 is 1.21 bits per heavy atom. The number of carbonyl (C=O) groups excluding carboxylic acids is 1. The van der Waals surface area contributed by atoms with Crippen LogP contribution in [0.25, 0.3) is 0 Å². The van der Waals surface area contributed by atoms with Crippen LogP contribution in [0.2, 0.25) is 0 Å². The molecule has 1 N–H and O–H groups in total. The summed E-state index contributed by atoms with van der Waals surface area (Å²) in [6, 6.07) is 1.34. The highest BCUT2D eigenvalue weighted by atomic mass is 19.2. The zero-order valence-electron chi connectivity index (χ0n) is 9.55. The topological polar surface area (TPSA) is 46.9 Å². The summed E-state index contributed by atoms with van der Waals surface area (Å²) < 4.78 is 53.7. The van der Waals surface area contributed by atoms with E-state index in [1.165, 1.54) is 24.0 Å². The fraction of sp³-hybridized carbons (Fsp3) is 0.0909. The Kier molecular flexibility index (Phi) is 3.24. The molecule has 0 spiro atoms. The molecule has 0 radical (unpaired) electrons. The van der Waals surface area contributed by atoms with Crippen LogP contribution in [0.5, 0.6) is 0 Å². The van der Waals surface area contributed by atoms with Gasteiger partial charge in [-0.2, -0.15) is 5.10 Å². The van der Waals surface area contributed by atoms with E-state index < -0.39 is 34.9 Å². The quantitative estimate of drug-likeness (QED) is 0.673. The Labute approximate surface area is 104 Å². The van der Waals surface area contributed by atoms with E-state index >= 15 is 0 Å². The number of halogens is 4. The number of nitrogens with one attached hydrogen (secondary N) is 1. The molecular formula is C11H7F4N3O. The van der Waals surface area contributed by atoms with Crippen LogP contribution in [-0.2, 0) is 7.05 Å². The molecule has 0 aliphatic carbocycles. The van der Waals surface area contributed by atoms with Gasteiger partial charge in [0.15, 0.2) is 29.0 Å². The second-order valence-electron chi connectivity index (χ2n) is 3.67. The van der Waals surface area contributed by atoms with E-state index in [0.29, 0.717) is 0 Å². The third-order valence-corrected chi connectivity index (χ3v) is 2.30. The zero-order valence-corrected chi connectivity index (χ0v) is 9.55. The predicted molar refractivity (Wildman–Crippen MR) is 57.4 cm³/mol. The van der Waals surface area contributed by atoms with Crippen molar-refractivity contribution in [2.45, 2.75) is 0 Å². The van der Waals surface area contributed by atoms with E-state index in [2.05, 4.69) is 5.10 Å². The summed E-state index contributed by atoms with van der Waals surface area (Å²) in [5.41, 5.74) is -1.33. The predicted octanol–water partition coefficient (Wildman–Crippen LogP) is 2.23. The molecule has 4 nitrogen and oxygen atoms in total. The minimum absolute atomic E-state index is 0.0566. The maximum absolute atomic E-state index is 13.3. The molecular weight excluding hydrogens is 266 g/mol. The summed E-state index contributed by atoms with van der Waals surface area (Å²) in [6.45, 7) is 0. The van der Waals surface area contributed by atoms with Gasteiger partial charge in [0.2, 0.25) is 0 Å². The molecule has 1 heterocycles. The molecule has 2 aromatic rings. The van der Waals surface area contributed by atoms with Gasteiger partial charge in [-0.3, -0.25) is 9.48 Å². The number of rotatable bonds is 2. The van der Waals surface area contributed by atoms with Gasteiger partial charge < -0.3 is 5.32 Å². The molecule has 100 valence electrons. The number of carbonyl (C=O) groups is 1. The van der Waals surface area contributed by atoms with Crippen LogP contribution in [0.15, 0.2) is 18.3 Å². The Morgan fingerprint density at radius 2 is 1.79 bits per heavy atom. The first kappa shape index (κ1) is 13.1. The maximum atomic E-state index is 13.3. The monoisotopic (exact) mass is 273 g/mol. The largest absolute Gasteiger partial charge is 0.315 e. The molecule has 19 heavy (non-hydrogen) atoms. The number of aryl methyl sites for hydroxylation is 1. The van der Waals surface area contributed by atoms with Gasteiger partial charge in [-0.25, -0.2) is 17.6 Å². The summed E-state index contributed by atoms with van der Waals surface area (Å²) >= 11 is 0. The lowest BCUT2D eigenvalue weighted by Gasteiger charge is -2.07. The summed E-state index contributed by atoms with van der Waals surface area (Å²) in [6.07, 6.45) is 1.42. The average molecular weight is 273 g/mol. The second kappa shape index (κ2) is 4.71. The van der Waals surface area contributed by atoms with Crippen molar-refractivity contribution in [3.05, 3.63) is 47.3 Å². The van der Waals surface area contributed by atoms with E-state index in [9.17, 15) is 22.4 Å². The Balaban J connectivity index is 2.36. The maximum Gasteiger partial charge on any atom is 0.276 e. The number of nitrogens with zero attached hydrogens (tertiary/aromatic N) is 2. The first-order valence-corrected chi connectivity index (χ1v) is 5.04. The van der Waals surface area contributed by atoms with Gasteiger partial charge in [0, 0.05) is 19.3 Å². The molecule has 0 bridgehead atoms. The van der Waals surface area contributed by atoms with E-state index in [1.54, 1.807) is 5.32 Å². The van der Waals surface area contributed by atoms with Crippen LogP contribution >= 0.6 is 0 Å². The van der Waals surface area contributed by atoms with Crippen LogP contribution < -0.4 is 5.32 Å². The first-order chi connectivity index (χ1) is 8.90. The molecule has 0 atom stereocenters. The lowest BCUT2D eigenvalue weighted by molar-refractivity contribution is 0.102. The molecule has 0 unspecified atom stereocenters. The van der Waals surface area contributed by atoms with Crippen LogP contribution in [0.1, 0.15) is 10.5 Å². The SMILES string of the molecule is Cn1ccc(C(=O)Nc2c(F)c(F)cc(F)c2F)n1. The highest BCUT2D eigenvalue weighted by Gasteiger charge is 2.22. The summed E-state index contributed by atoms with van der Waals surface area (Å²) in [5, 5.41) is 5.43. The molecule has 8 heteroatoms. The van der Waals surface area contributed by atoms with Gasteiger partial charge in [0.1, 0.15) is 5.69 Å². The molecule has 0 saturated heterocycles. The smallest absolute Gasteiger partial charge is 0.276 e. The summed E-state index contributed by atoms with van der Waals surface area (Å²) in [7, 11) is 1.53. The van der Waals surface area contributed by atoms with Crippen molar-refractivity contribution in [3.8, 4) is 0 Å². The molecule has 0 saturated carbocycles. The van der Waals surface area contributed by atoms with Crippen molar-refractivity contribution in [2.75, 3.05) is 5.32 Å². The molecule has 1 amide bonds. The fourth-order valence-corrected chi connectivity index (χ4v) is 1.40. The molecule has 1 aromatic carbocycles. The molecule has 0 fully saturated rings. The highest BCUT2D eigenvalue weighted by Crippen LogP contribution is 2.24. The Hall–Kier alpha value is -2.38. The van der Waals surface area contributed by atoms with Crippen molar-refractivity contribution < 1.29 is 22.4 Å². The van der Waals surface area contributed by atoms with Crippen molar-refractivity contribution in [1.82, 2.24) is 9.78 Å². The highest BCUT2D eigenvalue weighted by molar-refractivity contribution is 6.02. The molecule has 0 aliphatic rings. The third kappa shape index (κ3) is 2.42. The van der Waals surface area contributed by atoms with Crippen LogP contribution in [-0.4, -0.2) is 15.7 Å². The fourth-order valence-electron chi connectivity index (χ4n) is 1.40. The number of benzene rings is 1. The van der Waals surface area contributed by atoms with Crippen molar-refractivity contribution in [2.24, 2.45) is 7.05 Å². The third-order valence-electron chi connectivity index (χ3n) is 2.30. The van der Waals surface area contributed by atoms with Gasteiger partial charge in [-0.1, -0.05) is 0 Å². The van der Waals surface area contributed by atoms with E-state index in [-0.39, 0.29) is 11.8 Å². The van der Waals surface area contributed by atoms with E-state index in [4.69, 9.17) is 0 Å². The van der Waals surface area contributed by atoms with E-state index in [0.717, 1.165) is 0 Å². The van der Waals surface area contributed by atoms with Gasteiger partial charge in [0.05, 0.1) is 0 Å². The number of anilines is 1. The van der Waals surface area contributed by atoms with Crippen molar-refractivity contribution >= 4 is 11.6 Å². The number of aromatic nitrogens is 2. The normalized spacial score (nSPS) is 10.6. The van der Waals surface area contributed by atoms with Gasteiger partial charge in [0.25, 0.3) is 5.91 Å². The zero-order chi connectivity index (χ0) is 14.2. The Bertz CT molecular complexity index is 627. The number of amides is 1. The molecule has 0 aliphatic heterocycles. The van der Waals surface area contributed by atoms with Crippen LogP contribution in [0.4, 0.5) is 23.2 Å². The standard InChI is InChI=1S/C11H7F4N3O/c1-18-3-2-7(17-18)11(19)16-10-8(14)5(12)4-6(13)9(10)15/h2-4H,1H3,(H,16,19). The van der Waals surface area contributed by atoms with Crippen molar-refractivity contribution in [3.63, 3.8) is 0 Å². The summed E-state index contributed by atoms with van der Waals surface area (Å²) in [4.78, 5) is 11.6. The van der Waals surface area contributed by atoms with Crippen molar-refractivity contribution in [1.29, 1.82) is 0 Å². The first-order valence-electron chi connectivity index (χ1n) is 5.04. The van der Waals surface area contributed by atoms with E-state index in [1.807, 2.05) is 0 Å². The van der Waals surface area contributed by atoms with Crippen LogP contribution in [0.3, 0.4) is 0 Å². The van der Waals surface area contributed by atoms with Gasteiger partial charge >= 0.3 is 0 Å². The van der Waals surface area contributed by atoms with Gasteiger partial charge in [-0.05, 0) is 6.07 Å². The average Bonchev–Trinajstić information content (AvgIpc) is 2.79. The van der Waals surface area contributed by atoms with Crippen LogP contribution in [0, 0.1) is 23.3 Å². The number of hydrogen-bond acceptors (Lipinski definition) is 2. The molecule has 2 rings (SSSR count). The molecule has 1 aromatic heterocycles. The minimum atomic E-state index is -1.68. The second-order valence-corrected chi connectivity index (χ2v) is 3.67. The lowest BCUT2D eigenvalue weighted by Crippen LogP contribution is -2.16. The minimum Gasteiger partial charge on any atom is -0.315 e. The Morgan fingerprint density at radius 3 is 2.26 bits per heavy atom.